The van der Waals surface area contributed by atoms with Crippen LogP contribution in [0.2, 0.25) is 0 Å². The van der Waals surface area contributed by atoms with E-state index >= 15 is 0 Å². The van der Waals surface area contributed by atoms with Crippen LogP contribution in [0, 0.1) is 6.92 Å². The van der Waals surface area contributed by atoms with E-state index in [2.05, 4.69) is 5.32 Å². The topological polar surface area (TPSA) is 75.7 Å². The molecule has 0 aliphatic carbocycles. The van der Waals surface area contributed by atoms with E-state index in [-0.39, 0.29) is 24.0 Å². The number of carbonyl (C=O) groups is 3. The first-order chi connectivity index (χ1) is 13.5. The quantitative estimate of drug-likeness (QED) is 0.807. The number of esters is 1. The number of hydrogen-bond donors (Lipinski definition) is 1. The molecule has 0 bridgehead atoms. The smallest absolute Gasteiger partial charge is 0.340 e. The van der Waals surface area contributed by atoms with Gasteiger partial charge in [-0.2, -0.15) is 0 Å². The summed E-state index contributed by atoms with van der Waals surface area (Å²) < 4.78 is 5.21. The number of amides is 2. The lowest BCUT2D eigenvalue weighted by Gasteiger charge is -2.26. The molecule has 1 N–H and O–H groups in total. The van der Waals surface area contributed by atoms with Crippen LogP contribution in [0.25, 0.3) is 0 Å². The summed E-state index contributed by atoms with van der Waals surface area (Å²) in [4.78, 5) is 38.9. The van der Waals surface area contributed by atoms with Crippen molar-refractivity contribution in [2.75, 3.05) is 25.0 Å². The molecule has 0 atom stereocenters. The molecule has 0 spiro atoms. The minimum absolute atomic E-state index is 0.186. The average molecular weight is 380 g/mol. The molecule has 6 heteroatoms. The van der Waals surface area contributed by atoms with E-state index in [9.17, 15) is 14.4 Å². The van der Waals surface area contributed by atoms with Crippen LogP contribution in [0.1, 0.15) is 45.5 Å². The second-order valence-corrected chi connectivity index (χ2v) is 6.89. The van der Waals surface area contributed by atoms with Gasteiger partial charge in [-0.1, -0.05) is 29.8 Å². The van der Waals surface area contributed by atoms with Gasteiger partial charge in [0.1, 0.15) is 0 Å². The molecule has 1 heterocycles. The number of likely N-dealkylation sites (tertiary alicyclic amines) is 1. The van der Waals surface area contributed by atoms with Gasteiger partial charge in [0.2, 0.25) is 0 Å². The highest BCUT2D eigenvalue weighted by molar-refractivity contribution is 6.08. The van der Waals surface area contributed by atoms with E-state index in [4.69, 9.17) is 4.74 Å². The number of nitrogens with one attached hydrogen (secondary N) is 1. The van der Waals surface area contributed by atoms with Crippen LogP contribution in [0.15, 0.2) is 48.5 Å². The van der Waals surface area contributed by atoms with Crippen LogP contribution < -0.4 is 5.32 Å². The van der Waals surface area contributed by atoms with Gasteiger partial charge in [-0.3, -0.25) is 9.59 Å². The van der Waals surface area contributed by atoms with Gasteiger partial charge in [-0.25, -0.2) is 4.79 Å². The van der Waals surface area contributed by atoms with E-state index in [1.807, 2.05) is 13.0 Å². The minimum atomic E-state index is -0.634. The molecule has 0 aromatic heterocycles. The molecule has 2 aromatic carbocycles. The Morgan fingerprint density at radius 1 is 1.00 bits per heavy atom. The molecule has 1 aliphatic rings. The van der Waals surface area contributed by atoms with Crippen LogP contribution in [0.4, 0.5) is 5.69 Å². The maximum Gasteiger partial charge on any atom is 0.340 e. The summed E-state index contributed by atoms with van der Waals surface area (Å²) in [5.41, 5.74) is 2.04. The molecule has 6 nitrogen and oxygen atoms in total. The molecule has 1 aliphatic heterocycles. The number of carbonyl (C=O) groups excluding carboxylic acids is 3. The van der Waals surface area contributed by atoms with Gasteiger partial charge in [0.25, 0.3) is 11.8 Å². The van der Waals surface area contributed by atoms with Crippen molar-refractivity contribution in [1.82, 2.24) is 4.90 Å². The van der Waals surface area contributed by atoms with Gasteiger partial charge in [0.05, 0.1) is 11.3 Å². The lowest BCUT2D eigenvalue weighted by atomic mass is 10.1. The van der Waals surface area contributed by atoms with Crippen molar-refractivity contribution < 1.29 is 19.1 Å². The standard InChI is InChI=1S/C22H24N2O4/c1-16-8-7-9-17(14-16)21(26)23-19-11-4-3-10-18(19)22(27)28-15-20(25)24-12-5-2-6-13-24/h3-4,7-11,14H,2,5-6,12-13,15H2,1H3,(H,23,26). The Bertz CT molecular complexity index is 872. The lowest BCUT2D eigenvalue weighted by molar-refractivity contribution is -0.135. The molecular weight excluding hydrogens is 356 g/mol. The average Bonchev–Trinajstić information content (AvgIpc) is 2.72. The zero-order valence-electron chi connectivity index (χ0n) is 15.9. The van der Waals surface area contributed by atoms with Gasteiger partial charge < -0.3 is 15.0 Å². The third kappa shape index (κ3) is 4.97. The summed E-state index contributed by atoms with van der Waals surface area (Å²) in [7, 11) is 0. The fourth-order valence-corrected chi connectivity index (χ4v) is 3.19. The van der Waals surface area contributed by atoms with Crippen molar-refractivity contribution in [2.45, 2.75) is 26.2 Å². The third-order valence-electron chi connectivity index (χ3n) is 4.71. The van der Waals surface area contributed by atoms with Crippen LogP contribution in [0.3, 0.4) is 0 Å². The first-order valence-corrected chi connectivity index (χ1v) is 9.46. The van der Waals surface area contributed by atoms with Crippen LogP contribution in [-0.4, -0.2) is 42.4 Å². The Hall–Kier alpha value is -3.15. The highest BCUT2D eigenvalue weighted by atomic mass is 16.5. The second-order valence-electron chi connectivity index (χ2n) is 6.89. The number of ether oxygens (including phenoxy) is 1. The molecule has 0 saturated carbocycles. The molecule has 1 saturated heterocycles. The Morgan fingerprint density at radius 3 is 2.50 bits per heavy atom. The third-order valence-corrected chi connectivity index (χ3v) is 4.71. The van der Waals surface area contributed by atoms with Crippen LogP contribution in [0.5, 0.6) is 0 Å². The molecule has 1 fully saturated rings. The Labute approximate surface area is 164 Å². The van der Waals surface area contributed by atoms with Crippen LogP contribution >= 0.6 is 0 Å². The predicted molar refractivity (Wildman–Crippen MR) is 106 cm³/mol. The fourth-order valence-electron chi connectivity index (χ4n) is 3.19. The zero-order valence-corrected chi connectivity index (χ0v) is 15.9. The normalized spacial score (nSPS) is 13.7. The van der Waals surface area contributed by atoms with E-state index in [1.165, 1.54) is 0 Å². The Balaban J connectivity index is 1.64. The van der Waals surface area contributed by atoms with Gasteiger partial charge in [0, 0.05) is 18.7 Å². The molecule has 0 radical (unpaired) electrons. The number of anilines is 1. The molecule has 28 heavy (non-hydrogen) atoms. The van der Waals surface area contributed by atoms with Gasteiger partial charge in [-0.15, -0.1) is 0 Å². The largest absolute Gasteiger partial charge is 0.452 e. The molecule has 146 valence electrons. The highest BCUT2D eigenvalue weighted by Gasteiger charge is 2.20. The molecule has 2 amide bonds. The van der Waals surface area contributed by atoms with Crippen molar-refractivity contribution in [3.05, 3.63) is 65.2 Å². The number of piperidine rings is 1. The lowest BCUT2D eigenvalue weighted by Crippen LogP contribution is -2.38. The SMILES string of the molecule is Cc1cccc(C(=O)Nc2ccccc2C(=O)OCC(=O)N2CCCCC2)c1. The Morgan fingerprint density at radius 2 is 1.75 bits per heavy atom. The van der Waals surface area contributed by atoms with Crippen LogP contribution in [-0.2, 0) is 9.53 Å². The highest BCUT2D eigenvalue weighted by Crippen LogP contribution is 2.18. The predicted octanol–water partition coefficient (Wildman–Crippen LogP) is 3.42. The van der Waals surface area contributed by atoms with Crippen molar-refractivity contribution >= 4 is 23.5 Å². The maximum atomic E-state index is 12.5. The first kappa shape index (κ1) is 19.6. The van der Waals surface area contributed by atoms with Crippen molar-refractivity contribution in [3.63, 3.8) is 0 Å². The maximum absolute atomic E-state index is 12.5. The molecular formula is C22H24N2O4. The summed E-state index contributed by atoms with van der Waals surface area (Å²) in [6.07, 6.45) is 3.08. The van der Waals surface area contributed by atoms with Crippen molar-refractivity contribution in [1.29, 1.82) is 0 Å². The summed E-state index contributed by atoms with van der Waals surface area (Å²) in [6.45, 7) is 3.03. The van der Waals surface area contributed by atoms with Gasteiger partial charge in [-0.05, 0) is 50.5 Å². The van der Waals surface area contributed by atoms with E-state index in [1.54, 1.807) is 47.4 Å². The molecule has 3 rings (SSSR count). The minimum Gasteiger partial charge on any atom is -0.452 e. The van der Waals surface area contributed by atoms with Gasteiger partial charge >= 0.3 is 5.97 Å². The zero-order chi connectivity index (χ0) is 19.9. The van der Waals surface area contributed by atoms with Crippen molar-refractivity contribution in [2.24, 2.45) is 0 Å². The number of nitrogens with zero attached hydrogens (tertiary/aromatic N) is 1. The van der Waals surface area contributed by atoms with E-state index in [0.29, 0.717) is 24.3 Å². The summed E-state index contributed by atoms with van der Waals surface area (Å²) >= 11 is 0. The Kier molecular flexibility index (Phi) is 6.42. The summed E-state index contributed by atoms with van der Waals surface area (Å²) in [5.74, 6) is -1.13. The second kappa shape index (κ2) is 9.17. The van der Waals surface area contributed by atoms with Crippen molar-refractivity contribution in [3.8, 4) is 0 Å². The number of aryl methyl sites for hydroxylation is 1. The first-order valence-electron chi connectivity index (χ1n) is 9.46. The molecule has 2 aromatic rings. The van der Waals surface area contributed by atoms with Gasteiger partial charge in [0.15, 0.2) is 6.61 Å². The number of para-hydroxylation sites is 1. The molecule has 0 unspecified atom stereocenters. The van der Waals surface area contributed by atoms with E-state index < -0.39 is 5.97 Å². The van der Waals surface area contributed by atoms with E-state index in [0.717, 1.165) is 24.8 Å². The number of rotatable bonds is 5. The summed E-state index contributed by atoms with van der Waals surface area (Å²) in [6, 6.07) is 13.8. The fraction of sp³-hybridized carbons (Fsp3) is 0.318. The number of hydrogen-bond acceptors (Lipinski definition) is 4. The number of benzene rings is 2. The monoisotopic (exact) mass is 380 g/mol. The summed E-state index contributed by atoms with van der Waals surface area (Å²) in [5, 5.41) is 2.75.